The van der Waals surface area contributed by atoms with Gasteiger partial charge in [-0.3, -0.25) is 0 Å². The molecule has 2 aromatic rings. The summed E-state index contributed by atoms with van der Waals surface area (Å²) < 4.78 is 11.8. The lowest BCUT2D eigenvalue weighted by atomic mass is 10.1. The molecule has 0 aliphatic carbocycles. The highest BCUT2D eigenvalue weighted by Crippen LogP contribution is 2.30. The van der Waals surface area contributed by atoms with Crippen LogP contribution in [0, 0.1) is 0 Å². The lowest BCUT2D eigenvalue weighted by Crippen LogP contribution is -2.22. The second-order valence-electron chi connectivity index (χ2n) is 5.32. The van der Waals surface area contributed by atoms with E-state index in [1.54, 1.807) is 0 Å². The topological polar surface area (TPSA) is 38.7 Å². The molecule has 0 saturated heterocycles. The Bertz CT molecular complexity index is 584. The lowest BCUT2D eigenvalue weighted by molar-refractivity contribution is 0.137. The molecule has 0 spiro atoms. The Morgan fingerprint density at radius 3 is 2.76 bits per heavy atom. The van der Waals surface area contributed by atoms with Gasteiger partial charge in [0, 0.05) is 12.0 Å². The summed E-state index contributed by atoms with van der Waals surface area (Å²) in [4.78, 5) is 0. The van der Waals surface area contributed by atoms with Crippen LogP contribution in [-0.2, 0) is 6.42 Å². The maximum atomic E-state index is 10.0. The summed E-state index contributed by atoms with van der Waals surface area (Å²) in [6.45, 7) is 2.44. The van der Waals surface area contributed by atoms with E-state index in [-0.39, 0.29) is 6.10 Å². The predicted molar refractivity (Wildman–Crippen MR) is 81.7 cm³/mol. The Hall–Kier alpha value is -2.00. The molecular formula is C18H20O3. The number of aliphatic hydroxyl groups is 1. The molecule has 1 aliphatic heterocycles. The van der Waals surface area contributed by atoms with Crippen molar-refractivity contribution in [3.8, 4) is 11.5 Å². The van der Waals surface area contributed by atoms with E-state index in [0.717, 1.165) is 23.5 Å². The number of aliphatic hydroxyl groups excluding tert-OH is 1. The van der Waals surface area contributed by atoms with Gasteiger partial charge in [0.2, 0.25) is 0 Å². The first kappa shape index (κ1) is 14.0. The largest absolute Gasteiger partial charge is 0.489 e. The van der Waals surface area contributed by atoms with Crippen molar-refractivity contribution in [1.82, 2.24) is 0 Å². The zero-order chi connectivity index (χ0) is 14.7. The quantitative estimate of drug-likeness (QED) is 0.913. The molecule has 0 saturated carbocycles. The van der Waals surface area contributed by atoms with Crippen molar-refractivity contribution in [3.63, 3.8) is 0 Å². The van der Waals surface area contributed by atoms with Crippen LogP contribution in [0.15, 0.2) is 48.5 Å². The van der Waals surface area contributed by atoms with Gasteiger partial charge in [-0.1, -0.05) is 43.3 Å². The van der Waals surface area contributed by atoms with E-state index in [4.69, 9.17) is 9.47 Å². The van der Waals surface area contributed by atoms with Crippen molar-refractivity contribution in [2.45, 2.75) is 32.0 Å². The third-order valence-electron chi connectivity index (χ3n) is 3.80. The van der Waals surface area contributed by atoms with Gasteiger partial charge in [-0.2, -0.15) is 0 Å². The standard InChI is InChI=1S/C18H20O3/c1-2-16(19)15-8-4-6-10-18(15)20-12-14-11-13-7-3-5-9-17(13)21-14/h3-10,14,16,19H,2,11-12H2,1H3/t14?,16-/m0/s1. The SMILES string of the molecule is CC[C@H](O)c1ccccc1OCC1Cc2ccccc2O1. The molecular weight excluding hydrogens is 264 g/mol. The number of fused-ring (bicyclic) bond motifs is 1. The maximum absolute atomic E-state index is 10.0. The van der Waals surface area contributed by atoms with Crippen LogP contribution in [0.2, 0.25) is 0 Å². The molecule has 0 radical (unpaired) electrons. The van der Waals surface area contributed by atoms with Crippen LogP contribution >= 0.6 is 0 Å². The molecule has 1 heterocycles. The monoisotopic (exact) mass is 284 g/mol. The van der Waals surface area contributed by atoms with Crippen molar-refractivity contribution in [2.75, 3.05) is 6.61 Å². The molecule has 0 fully saturated rings. The van der Waals surface area contributed by atoms with Crippen LogP contribution in [0.3, 0.4) is 0 Å². The lowest BCUT2D eigenvalue weighted by Gasteiger charge is -2.17. The predicted octanol–water partition coefficient (Wildman–Crippen LogP) is 3.51. The molecule has 110 valence electrons. The highest BCUT2D eigenvalue weighted by Gasteiger charge is 2.23. The summed E-state index contributed by atoms with van der Waals surface area (Å²) in [5, 5.41) is 10.0. The number of benzene rings is 2. The van der Waals surface area contributed by atoms with Crippen molar-refractivity contribution in [1.29, 1.82) is 0 Å². The number of rotatable bonds is 5. The molecule has 3 rings (SSSR count). The summed E-state index contributed by atoms with van der Waals surface area (Å²) >= 11 is 0. The van der Waals surface area contributed by atoms with Gasteiger partial charge in [0.25, 0.3) is 0 Å². The highest BCUT2D eigenvalue weighted by atomic mass is 16.5. The van der Waals surface area contributed by atoms with Crippen LogP contribution in [0.4, 0.5) is 0 Å². The van der Waals surface area contributed by atoms with Crippen molar-refractivity contribution in [2.24, 2.45) is 0 Å². The molecule has 2 aromatic carbocycles. The summed E-state index contributed by atoms with van der Waals surface area (Å²) in [5.74, 6) is 1.69. The van der Waals surface area contributed by atoms with E-state index in [1.165, 1.54) is 5.56 Å². The molecule has 1 N–H and O–H groups in total. The van der Waals surface area contributed by atoms with E-state index in [1.807, 2.05) is 49.4 Å². The van der Waals surface area contributed by atoms with Crippen LogP contribution in [0.1, 0.15) is 30.6 Å². The zero-order valence-electron chi connectivity index (χ0n) is 12.2. The van der Waals surface area contributed by atoms with Gasteiger partial charge in [-0.05, 0) is 24.1 Å². The first-order chi connectivity index (χ1) is 10.3. The van der Waals surface area contributed by atoms with Gasteiger partial charge in [0.1, 0.15) is 24.2 Å². The van der Waals surface area contributed by atoms with E-state index in [2.05, 4.69) is 6.07 Å². The van der Waals surface area contributed by atoms with Gasteiger partial charge in [-0.25, -0.2) is 0 Å². The van der Waals surface area contributed by atoms with E-state index < -0.39 is 6.10 Å². The summed E-state index contributed by atoms with van der Waals surface area (Å²) in [6.07, 6.45) is 1.09. The number of ether oxygens (including phenoxy) is 2. The van der Waals surface area contributed by atoms with Crippen LogP contribution in [-0.4, -0.2) is 17.8 Å². The van der Waals surface area contributed by atoms with Crippen LogP contribution in [0.25, 0.3) is 0 Å². The molecule has 3 nitrogen and oxygen atoms in total. The molecule has 1 unspecified atom stereocenters. The fourth-order valence-corrected chi connectivity index (χ4v) is 2.64. The maximum Gasteiger partial charge on any atom is 0.137 e. The van der Waals surface area contributed by atoms with E-state index in [0.29, 0.717) is 13.0 Å². The molecule has 0 aromatic heterocycles. The third kappa shape index (κ3) is 3.03. The third-order valence-corrected chi connectivity index (χ3v) is 3.80. The Balaban J connectivity index is 1.65. The average Bonchev–Trinajstić information content (AvgIpc) is 2.95. The molecule has 3 heteroatoms. The number of hydrogen-bond acceptors (Lipinski definition) is 3. The van der Waals surface area contributed by atoms with E-state index >= 15 is 0 Å². The Morgan fingerprint density at radius 1 is 1.19 bits per heavy atom. The number of para-hydroxylation sites is 2. The minimum absolute atomic E-state index is 0.0363. The van der Waals surface area contributed by atoms with Gasteiger partial charge >= 0.3 is 0 Å². The van der Waals surface area contributed by atoms with Crippen molar-refractivity contribution >= 4 is 0 Å². The summed E-state index contributed by atoms with van der Waals surface area (Å²) in [5.41, 5.74) is 2.07. The minimum atomic E-state index is -0.483. The van der Waals surface area contributed by atoms with Crippen molar-refractivity contribution in [3.05, 3.63) is 59.7 Å². The second-order valence-corrected chi connectivity index (χ2v) is 5.32. The van der Waals surface area contributed by atoms with E-state index in [9.17, 15) is 5.11 Å². The highest BCUT2D eigenvalue weighted by molar-refractivity contribution is 5.38. The normalized spacial score (nSPS) is 17.9. The van der Waals surface area contributed by atoms with Gasteiger partial charge < -0.3 is 14.6 Å². The molecule has 1 aliphatic rings. The molecule has 21 heavy (non-hydrogen) atoms. The zero-order valence-corrected chi connectivity index (χ0v) is 12.2. The minimum Gasteiger partial charge on any atom is -0.489 e. The second kappa shape index (κ2) is 6.19. The average molecular weight is 284 g/mol. The molecule has 2 atom stereocenters. The smallest absolute Gasteiger partial charge is 0.137 e. The molecule has 0 bridgehead atoms. The molecule has 0 amide bonds. The van der Waals surface area contributed by atoms with Crippen LogP contribution in [0.5, 0.6) is 11.5 Å². The number of hydrogen-bond donors (Lipinski definition) is 1. The Kier molecular flexibility index (Phi) is 4.11. The fraction of sp³-hybridized carbons (Fsp3) is 0.333. The Morgan fingerprint density at radius 2 is 1.95 bits per heavy atom. The summed E-state index contributed by atoms with van der Waals surface area (Å²) in [7, 11) is 0. The Labute approximate surface area is 125 Å². The summed E-state index contributed by atoms with van der Waals surface area (Å²) in [6, 6.07) is 15.7. The van der Waals surface area contributed by atoms with Crippen LogP contribution < -0.4 is 9.47 Å². The van der Waals surface area contributed by atoms with Gasteiger partial charge in [-0.15, -0.1) is 0 Å². The first-order valence-corrected chi connectivity index (χ1v) is 7.42. The van der Waals surface area contributed by atoms with Crippen molar-refractivity contribution < 1.29 is 14.6 Å². The van der Waals surface area contributed by atoms with Gasteiger partial charge in [0.15, 0.2) is 0 Å². The first-order valence-electron chi connectivity index (χ1n) is 7.42. The fourth-order valence-electron chi connectivity index (χ4n) is 2.64. The van der Waals surface area contributed by atoms with Gasteiger partial charge in [0.05, 0.1) is 6.10 Å².